The lowest BCUT2D eigenvalue weighted by atomic mass is 10.0. The third-order valence-corrected chi connectivity index (χ3v) is 6.01. The zero-order chi connectivity index (χ0) is 23.7. The second-order valence-corrected chi connectivity index (χ2v) is 8.19. The molecular weight excluding hydrogens is 419 g/mol. The minimum Gasteiger partial charge on any atom is -0.326 e. The summed E-state index contributed by atoms with van der Waals surface area (Å²) in [5.41, 5.74) is 4.96. The van der Waals surface area contributed by atoms with Gasteiger partial charge in [-0.2, -0.15) is 5.10 Å². The Hall–Kier alpha value is -3.74. The van der Waals surface area contributed by atoms with Gasteiger partial charge in [0.05, 0.1) is 11.4 Å². The summed E-state index contributed by atoms with van der Waals surface area (Å²) in [7, 11) is 0. The van der Waals surface area contributed by atoms with Crippen LogP contribution >= 0.6 is 0 Å². The van der Waals surface area contributed by atoms with Crippen LogP contribution in [0.1, 0.15) is 35.7 Å². The van der Waals surface area contributed by atoms with E-state index >= 15 is 0 Å². The van der Waals surface area contributed by atoms with Crippen molar-refractivity contribution in [1.82, 2.24) is 14.3 Å². The fourth-order valence-corrected chi connectivity index (χ4v) is 4.31. The molecule has 7 heteroatoms. The smallest absolute Gasteiger partial charge is 0.255 e. The predicted molar refractivity (Wildman–Crippen MR) is 129 cm³/mol. The van der Waals surface area contributed by atoms with Crippen LogP contribution in [0.5, 0.6) is 0 Å². The minimum absolute atomic E-state index is 0.140. The van der Waals surface area contributed by atoms with Crippen LogP contribution < -0.4 is 10.9 Å². The standard InChI is InChI=1S/C26H27FN4O2/c1-5-30-25-24(18(4)29-31(25)20-11-8-10-19(27)15-20)17(3)21(26(30)33)13-14-23(32)28-22-12-7-6-9-16(22)2/h6-12,15H,5,13-14H2,1-4H3,(H,28,32). The molecule has 0 saturated carbocycles. The molecule has 0 fully saturated rings. The van der Waals surface area contributed by atoms with Crippen molar-refractivity contribution in [2.75, 3.05) is 5.32 Å². The van der Waals surface area contributed by atoms with E-state index in [-0.39, 0.29) is 23.7 Å². The average Bonchev–Trinajstić information content (AvgIpc) is 3.13. The Morgan fingerprint density at radius 3 is 2.55 bits per heavy atom. The lowest BCUT2D eigenvalue weighted by Crippen LogP contribution is -2.27. The highest BCUT2D eigenvalue weighted by Crippen LogP contribution is 2.26. The molecule has 170 valence electrons. The molecule has 0 unspecified atom stereocenters. The Bertz CT molecular complexity index is 1420. The van der Waals surface area contributed by atoms with Crippen LogP contribution in [0.2, 0.25) is 0 Å². The summed E-state index contributed by atoms with van der Waals surface area (Å²) in [6.07, 6.45) is 0.514. The lowest BCUT2D eigenvalue weighted by molar-refractivity contribution is -0.116. The molecule has 0 atom stereocenters. The van der Waals surface area contributed by atoms with Crippen LogP contribution in [0.25, 0.3) is 16.7 Å². The Morgan fingerprint density at radius 1 is 1.09 bits per heavy atom. The van der Waals surface area contributed by atoms with Gasteiger partial charge >= 0.3 is 0 Å². The van der Waals surface area contributed by atoms with Gasteiger partial charge in [-0.15, -0.1) is 0 Å². The Balaban J connectivity index is 1.73. The maximum absolute atomic E-state index is 13.9. The van der Waals surface area contributed by atoms with Crippen LogP contribution in [-0.4, -0.2) is 20.3 Å². The molecule has 0 radical (unpaired) electrons. The maximum atomic E-state index is 13.9. The SMILES string of the molecule is CCn1c(=O)c(CCC(=O)Nc2ccccc2C)c(C)c2c(C)nn(-c3cccc(F)c3)c21. The molecule has 2 aromatic carbocycles. The number of amides is 1. The molecule has 0 spiro atoms. The van der Waals surface area contributed by atoms with E-state index in [0.29, 0.717) is 29.9 Å². The molecule has 0 aliphatic heterocycles. The van der Waals surface area contributed by atoms with Crippen molar-refractivity contribution >= 4 is 22.6 Å². The summed E-state index contributed by atoms with van der Waals surface area (Å²) in [4.78, 5) is 26.0. The van der Waals surface area contributed by atoms with Gasteiger partial charge in [-0.25, -0.2) is 9.07 Å². The Labute approximate surface area is 191 Å². The van der Waals surface area contributed by atoms with Crippen LogP contribution in [0.4, 0.5) is 10.1 Å². The van der Waals surface area contributed by atoms with Crippen molar-refractivity contribution in [3.05, 3.63) is 87.1 Å². The number of aryl methyl sites for hydroxylation is 4. The number of fused-ring (bicyclic) bond motifs is 1. The molecule has 0 saturated heterocycles. The third kappa shape index (κ3) is 4.18. The van der Waals surface area contributed by atoms with Crippen molar-refractivity contribution in [1.29, 1.82) is 0 Å². The average molecular weight is 447 g/mol. The number of hydrogen-bond donors (Lipinski definition) is 1. The maximum Gasteiger partial charge on any atom is 0.255 e. The fraction of sp³-hybridized carbons (Fsp3) is 0.269. The number of hydrogen-bond acceptors (Lipinski definition) is 3. The molecule has 4 aromatic rings. The van der Waals surface area contributed by atoms with E-state index in [1.807, 2.05) is 52.0 Å². The number of nitrogens with zero attached hydrogens (tertiary/aromatic N) is 3. The molecule has 0 aliphatic rings. The fourth-order valence-electron chi connectivity index (χ4n) is 4.31. The second-order valence-electron chi connectivity index (χ2n) is 8.19. The topological polar surface area (TPSA) is 68.9 Å². The predicted octanol–water partition coefficient (Wildman–Crippen LogP) is 4.84. The van der Waals surface area contributed by atoms with Gasteiger partial charge < -0.3 is 5.32 Å². The molecule has 0 bridgehead atoms. The lowest BCUT2D eigenvalue weighted by Gasteiger charge is -2.15. The Kier molecular flexibility index (Phi) is 6.14. The van der Waals surface area contributed by atoms with Crippen molar-refractivity contribution in [3.8, 4) is 5.69 Å². The molecule has 6 nitrogen and oxygen atoms in total. The highest BCUT2D eigenvalue weighted by Gasteiger charge is 2.21. The quantitative estimate of drug-likeness (QED) is 0.461. The van der Waals surface area contributed by atoms with Gasteiger partial charge in [-0.05, 0) is 69.5 Å². The van der Waals surface area contributed by atoms with E-state index in [2.05, 4.69) is 10.4 Å². The first-order chi connectivity index (χ1) is 15.8. The van der Waals surface area contributed by atoms with E-state index < -0.39 is 0 Å². The largest absolute Gasteiger partial charge is 0.326 e. The van der Waals surface area contributed by atoms with E-state index in [1.165, 1.54) is 12.1 Å². The first-order valence-corrected chi connectivity index (χ1v) is 11.0. The molecular formula is C26H27FN4O2. The Morgan fingerprint density at radius 2 is 1.85 bits per heavy atom. The van der Waals surface area contributed by atoms with E-state index in [1.54, 1.807) is 21.4 Å². The molecule has 4 rings (SSSR count). The van der Waals surface area contributed by atoms with Gasteiger partial charge in [0.1, 0.15) is 11.5 Å². The third-order valence-electron chi connectivity index (χ3n) is 6.01. The number of carbonyl (C=O) groups is 1. The number of benzene rings is 2. The molecule has 1 amide bonds. The molecule has 33 heavy (non-hydrogen) atoms. The van der Waals surface area contributed by atoms with Gasteiger partial charge in [0.2, 0.25) is 5.91 Å². The second kappa shape index (κ2) is 9.02. The van der Waals surface area contributed by atoms with Gasteiger partial charge in [-0.3, -0.25) is 14.2 Å². The summed E-state index contributed by atoms with van der Waals surface area (Å²) in [5, 5.41) is 8.41. The molecule has 2 aromatic heterocycles. The van der Waals surface area contributed by atoms with Crippen molar-refractivity contribution in [2.45, 2.75) is 47.1 Å². The van der Waals surface area contributed by atoms with Crippen molar-refractivity contribution < 1.29 is 9.18 Å². The summed E-state index contributed by atoms with van der Waals surface area (Å²) in [6, 6.07) is 13.7. The first kappa shape index (κ1) is 22.5. The molecule has 2 heterocycles. The molecule has 1 N–H and O–H groups in total. The zero-order valence-corrected chi connectivity index (χ0v) is 19.3. The summed E-state index contributed by atoms with van der Waals surface area (Å²) in [6.45, 7) is 8.03. The van der Waals surface area contributed by atoms with Crippen LogP contribution in [-0.2, 0) is 17.8 Å². The number of para-hydroxylation sites is 1. The number of pyridine rings is 1. The van der Waals surface area contributed by atoms with Crippen molar-refractivity contribution in [3.63, 3.8) is 0 Å². The number of anilines is 1. The number of carbonyl (C=O) groups excluding carboxylic acids is 1. The van der Waals surface area contributed by atoms with Gasteiger partial charge in [-0.1, -0.05) is 24.3 Å². The van der Waals surface area contributed by atoms with E-state index in [9.17, 15) is 14.0 Å². The number of rotatable bonds is 6. The van der Waals surface area contributed by atoms with Gasteiger partial charge in [0, 0.05) is 29.6 Å². The first-order valence-electron chi connectivity index (χ1n) is 11.0. The van der Waals surface area contributed by atoms with Crippen LogP contribution in [0.3, 0.4) is 0 Å². The van der Waals surface area contributed by atoms with E-state index in [0.717, 1.165) is 27.9 Å². The van der Waals surface area contributed by atoms with E-state index in [4.69, 9.17) is 0 Å². The highest BCUT2D eigenvalue weighted by molar-refractivity contribution is 5.92. The molecule has 0 aliphatic carbocycles. The van der Waals surface area contributed by atoms with Crippen LogP contribution in [0, 0.1) is 26.6 Å². The zero-order valence-electron chi connectivity index (χ0n) is 19.3. The van der Waals surface area contributed by atoms with Gasteiger partial charge in [0.15, 0.2) is 0 Å². The highest BCUT2D eigenvalue weighted by atomic mass is 19.1. The van der Waals surface area contributed by atoms with Crippen molar-refractivity contribution in [2.24, 2.45) is 0 Å². The number of nitrogens with one attached hydrogen (secondary N) is 1. The summed E-state index contributed by atoms with van der Waals surface area (Å²) >= 11 is 0. The summed E-state index contributed by atoms with van der Waals surface area (Å²) in [5.74, 6) is -0.509. The van der Waals surface area contributed by atoms with Crippen LogP contribution in [0.15, 0.2) is 53.3 Å². The normalized spacial score (nSPS) is 11.2. The summed E-state index contributed by atoms with van der Waals surface area (Å²) < 4.78 is 17.2. The number of halogens is 1. The minimum atomic E-state index is -0.368. The monoisotopic (exact) mass is 446 g/mol. The number of aromatic nitrogens is 3. The van der Waals surface area contributed by atoms with Gasteiger partial charge in [0.25, 0.3) is 5.56 Å².